The lowest BCUT2D eigenvalue weighted by Crippen LogP contribution is -2.34. The molecule has 0 aromatic heterocycles. The molecule has 13 heavy (non-hydrogen) atoms. The maximum atomic E-state index is 11.4. The lowest BCUT2D eigenvalue weighted by molar-refractivity contribution is -0.127. The van der Waals surface area contributed by atoms with Gasteiger partial charge in [-0.2, -0.15) is 0 Å². The zero-order chi connectivity index (χ0) is 10.3. The smallest absolute Gasteiger partial charge is 0.274 e. The van der Waals surface area contributed by atoms with Crippen molar-refractivity contribution in [3.8, 4) is 0 Å². The Labute approximate surface area is 83.9 Å². The number of carbonyl (C=O) groups excluding carboxylic acids is 2. The number of hydrogen-bond donors (Lipinski definition) is 0. The summed E-state index contributed by atoms with van der Waals surface area (Å²) in [4.78, 5) is 24.1. The van der Waals surface area contributed by atoms with Gasteiger partial charge in [-0.05, 0) is 12.2 Å². The maximum absolute atomic E-state index is 11.4. The number of nitrogens with zero attached hydrogens (tertiary/aromatic N) is 1. The number of amides is 2. The second kappa shape index (κ2) is 6.95. The maximum Gasteiger partial charge on any atom is 0.288 e. The summed E-state index contributed by atoms with van der Waals surface area (Å²) < 4.78 is 0. The summed E-state index contributed by atoms with van der Waals surface area (Å²) in [6.07, 6.45) is 1.22. The molecule has 0 aliphatic heterocycles. The molecule has 0 spiro atoms. The van der Waals surface area contributed by atoms with Crippen molar-refractivity contribution in [2.45, 2.75) is 33.6 Å². The minimum atomic E-state index is -0.115. The SMILES string of the molecule is CCCN(C(=O)CC)C(=O)SCC. The molecule has 3 nitrogen and oxygen atoms in total. The molecule has 0 aromatic carbocycles. The van der Waals surface area contributed by atoms with Crippen molar-refractivity contribution in [2.75, 3.05) is 12.3 Å². The third-order valence-electron chi connectivity index (χ3n) is 1.54. The van der Waals surface area contributed by atoms with Crippen LogP contribution in [0.5, 0.6) is 0 Å². The van der Waals surface area contributed by atoms with E-state index >= 15 is 0 Å². The molecule has 4 heteroatoms. The van der Waals surface area contributed by atoms with Crippen molar-refractivity contribution in [3.63, 3.8) is 0 Å². The van der Waals surface area contributed by atoms with Crippen LogP contribution in [0.15, 0.2) is 0 Å². The van der Waals surface area contributed by atoms with Gasteiger partial charge < -0.3 is 0 Å². The standard InChI is InChI=1S/C9H17NO2S/c1-4-7-10(8(11)5-2)9(12)13-6-3/h4-7H2,1-3H3. The van der Waals surface area contributed by atoms with E-state index in [2.05, 4.69) is 0 Å². The summed E-state index contributed by atoms with van der Waals surface area (Å²) in [5.74, 6) is 0.642. The highest BCUT2D eigenvalue weighted by molar-refractivity contribution is 8.13. The Morgan fingerprint density at radius 1 is 1.23 bits per heavy atom. The summed E-state index contributed by atoms with van der Waals surface area (Å²) in [5, 5.41) is -0.115. The zero-order valence-corrected chi connectivity index (χ0v) is 9.32. The highest BCUT2D eigenvalue weighted by Gasteiger charge is 2.18. The van der Waals surface area contributed by atoms with Gasteiger partial charge in [0, 0.05) is 13.0 Å². The molecule has 0 aliphatic carbocycles. The van der Waals surface area contributed by atoms with Crippen molar-refractivity contribution in [1.82, 2.24) is 4.90 Å². The number of hydrogen-bond acceptors (Lipinski definition) is 3. The Balaban J connectivity index is 4.22. The molecule has 0 aromatic rings. The molecule has 0 heterocycles. The van der Waals surface area contributed by atoms with E-state index in [-0.39, 0.29) is 11.1 Å². The zero-order valence-electron chi connectivity index (χ0n) is 8.50. The fourth-order valence-corrected chi connectivity index (χ4v) is 1.53. The van der Waals surface area contributed by atoms with Gasteiger partial charge in [0.25, 0.3) is 5.24 Å². The number of carbonyl (C=O) groups is 2. The van der Waals surface area contributed by atoms with E-state index in [4.69, 9.17) is 0 Å². The number of rotatable bonds is 4. The monoisotopic (exact) mass is 203 g/mol. The third kappa shape index (κ3) is 4.31. The van der Waals surface area contributed by atoms with Crippen LogP contribution in [-0.2, 0) is 4.79 Å². The van der Waals surface area contributed by atoms with E-state index in [9.17, 15) is 9.59 Å². The summed E-state index contributed by atoms with van der Waals surface area (Å²) in [6.45, 7) is 6.18. The third-order valence-corrected chi connectivity index (χ3v) is 2.29. The van der Waals surface area contributed by atoms with Gasteiger partial charge >= 0.3 is 0 Å². The molecule has 0 aliphatic rings. The lowest BCUT2D eigenvalue weighted by Gasteiger charge is -2.18. The Kier molecular flexibility index (Phi) is 6.68. The molecule has 0 N–H and O–H groups in total. The first kappa shape index (κ1) is 12.5. The second-order valence-corrected chi connectivity index (χ2v) is 3.81. The van der Waals surface area contributed by atoms with Crippen LogP contribution in [0.4, 0.5) is 4.79 Å². The number of thioether (sulfide) groups is 1. The van der Waals surface area contributed by atoms with E-state index in [1.807, 2.05) is 13.8 Å². The average molecular weight is 203 g/mol. The van der Waals surface area contributed by atoms with Gasteiger partial charge in [0.1, 0.15) is 0 Å². The molecule has 0 saturated carbocycles. The number of imide groups is 1. The van der Waals surface area contributed by atoms with Crippen LogP contribution in [0.25, 0.3) is 0 Å². The van der Waals surface area contributed by atoms with Crippen molar-refractivity contribution in [2.24, 2.45) is 0 Å². The fraction of sp³-hybridized carbons (Fsp3) is 0.778. The Hall–Kier alpha value is -0.510. The van der Waals surface area contributed by atoms with E-state index in [0.29, 0.717) is 13.0 Å². The van der Waals surface area contributed by atoms with E-state index in [0.717, 1.165) is 12.2 Å². The van der Waals surface area contributed by atoms with E-state index in [1.165, 1.54) is 16.7 Å². The topological polar surface area (TPSA) is 37.4 Å². The Bertz CT molecular complexity index is 182. The van der Waals surface area contributed by atoms with Gasteiger partial charge in [-0.1, -0.05) is 32.5 Å². The molecular weight excluding hydrogens is 186 g/mol. The molecule has 0 bridgehead atoms. The van der Waals surface area contributed by atoms with Crippen LogP contribution in [0.3, 0.4) is 0 Å². The first-order valence-corrected chi connectivity index (χ1v) is 5.62. The molecule has 0 atom stereocenters. The normalized spacial score (nSPS) is 9.77. The first-order valence-electron chi connectivity index (χ1n) is 4.64. The quantitative estimate of drug-likeness (QED) is 0.704. The van der Waals surface area contributed by atoms with Gasteiger partial charge in [-0.15, -0.1) is 0 Å². The molecule has 0 fully saturated rings. The van der Waals surface area contributed by atoms with Gasteiger partial charge in [0.2, 0.25) is 5.91 Å². The Morgan fingerprint density at radius 2 is 1.85 bits per heavy atom. The fourth-order valence-electron chi connectivity index (χ4n) is 0.934. The van der Waals surface area contributed by atoms with Crippen molar-refractivity contribution in [1.29, 1.82) is 0 Å². The van der Waals surface area contributed by atoms with Crippen LogP contribution in [0.1, 0.15) is 33.6 Å². The Morgan fingerprint density at radius 3 is 2.23 bits per heavy atom. The highest BCUT2D eigenvalue weighted by atomic mass is 32.2. The second-order valence-electron chi connectivity index (χ2n) is 2.60. The molecule has 0 radical (unpaired) electrons. The van der Waals surface area contributed by atoms with Gasteiger partial charge in [-0.3, -0.25) is 14.5 Å². The molecule has 2 amide bonds. The first-order chi connectivity index (χ1) is 6.17. The van der Waals surface area contributed by atoms with Crippen LogP contribution >= 0.6 is 11.8 Å². The van der Waals surface area contributed by atoms with Crippen LogP contribution in [0, 0.1) is 0 Å². The van der Waals surface area contributed by atoms with Crippen LogP contribution < -0.4 is 0 Å². The summed E-state index contributed by atoms with van der Waals surface area (Å²) in [7, 11) is 0. The predicted octanol–water partition coefficient (Wildman–Crippen LogP) is 2.51. The van der Waals surface area contributed by atoms with Gasteiger partial charge in [0.05, 0.1) is 0 Å². The average Bonchev–Trinajstić information content (AvgIpc) is 2.13. The van der Waals surface area contributed by atoms with Crippen LogP contribution in [-0.4, -0.2) is 28.3 Å². The summed E-state index contributed by atoms with van der Waals surface area (Å²) in [6, 6.07) is 0. The van der Waals surface area contributed by atoms with Crippen LogP contribution in [0.2, 0.25) is 0 Å². The minimum absolute atomic E-state index is 0.0761. The van der Waals surface area contributed by atoms with E-state index < -0.39 is 0 Å². The largest absolute Gasteiger partial charge is 0.288 e. The molecule has 76 valence electrons. The summed E-state index contributed by atoms with van der Waals surface area (Å²) in [5.41, 5.74) is 0. The van der Waals surface area contributed by atoms with Crippen molar-refractivity contribution >= 4 is 22.9 Å². The highest BCUT2D eigenvalue weighted by Crippen LogP contribution is 2.10. The molecular formula is C9H17NO2S. The van der Waals surface area contributed by atoms with E-state index in [1.54, 1.807) is 6.92 Å². The minimum Gasteiger partial charge on any atom is -0.274 e. The van der Waals surface area contributed by atoms with Crippen molar-refractivity contribution < 1.29 is 9.59 Å². The van der Waals surface area contributed by atoms with Crippen molar-refractivity contribution in [3.05, 3.63) is 0 Å². The molecule has 0 unspecified atom stereocenters. The predicted molar refractivity (Wildman–Crippen MR) is 55.8 cm³/mol. The summed E-state index contributed by atoms with van der Waals surface area (Å²) >= 11 is 1.19. The molecule has 0 rings (SSSR count). The lowest BCUT2D eigenvalue weighted by atomic mass is 10.4. The molecule has 0 saturated heterocycles. The van der Waals surface area contributed by atoms with Gasteiger partial charge in [-0.25, -0.2) is 0 Å². The van der Waals surface area contributed by atoms with Gasteiger partial charge in [0.15, 0.2) is 0 Å².